The van der Waals surface area contributed by atoms with Crippen LogP contribution in [0.15, 0.2) is 29.6 Å². The number of thiazole rings is 1. The summed E-state index contributed by atoms with van der Waals surface area (Å²) in [5, 5.41) is 18.3. The first-order chi connectivity index (χ1) is 29.1. The van der Waals surface area contributed by atoms with Crippen LogP contribution in [0.2, 0.25) is 0 Å². The number of methoxy groups -OCH3 is 1. The molecule has 2 aromatic rings. The van der Waals surface area contributed by atoms with E-state index < -0.39 is 53.7 Å². The molecule has 14 nitrogen and oxygen atoms in total. The molecule has 2 rings (SSSR count). The molecule has 15 heteroatoms. The van der Waals surface area contributed by atoms with Crippen molar-refractivity contribution < 1.29 is 43.3 Å². The summed E-state index contributed by atoms with van der Waals surface area (Å²) in [5.41, 5.74) is 0.339. The van der Waals surface area contributed by atoms with Crippen molar-refractivity contribution in [3.8, 4) is 5.75 Å². The van der Waals surface area contributed by atoms with Crippen molar-refractivity contribution in [1.29, 1.82) is 0 Å². The molecule has 350 valence electrons. The molecule has 0 aliphatic heterocycles. The van der Waals surface area contributed by atoms with Gasteiger partial charge in [0.05, 0.1) is 13.0 Å². The summed E-state index contributed by atoms with van der Waals surface area (Å²) in [7, 11) is 2.90. The van der Waals surface area contributed by atoms with Gasteiger partial charge < -0.3 is 34.9 Å². The van der Waals surface area contributed by atoms with E-state index in [2.05, 4.69) is 24.5 Å². The van der Waals surface area contributed by atoms with Crippen LogP contribution >= 0.6 is 11.3 Å². The predicted octanol–water partition coefficient (Wildman–Crippen LogP) is 8.32. The number of benzene rings is 1. The smallest absolute Gasteiger partial charge is 0.410 e. The molecule has 62 heavy (non-hydrogen) atoms. The van der Waals surface area contributed by atoms with E-state index in [4.69, 9.17) is 19.2 Å². The maximum absolute atomic E-state index is 14.9. The molecule has 4 amide bonds. The molecule has 1 aromatic heterocycles. The highest BCUT2D eigenvalue weighted by Gasteiger charge is 2.40. The van der Waals surface area contributed by atoms with E-state index in [0.29, 0.717) is 56.7 Å². The summed E-state index contributed by atoms with van der Waals surface area (Å²) < 4.78 is 17.0. The van der Waals surface area contributed by atoms with Crippen LogP contribution in [0.1, 0.15) is 149 Å². The third kappa shape index (κ3) is 16.5. The lowest BCUT2D eigenvalue weighted by Gasteiger charge is -2.40. The Morgan fingerprint density at radius 3 is 2.05 bits per heavy atom. The molecule has 0 spiro atoms. The lowest BCUT2D eigenvalue weighted by molar-refractivity contribution is -0.145. The van der Waals surface area contributed by atoms with E-state index >= 15 is 0 Å². The van der Waals surface area contributed by atoms with Gasteiger partial charge in [0.25, 0.3) is 5.91 Å². The normalized spacial score (nSPS) is 15.6. The lowest BCUT2D eigenvalue weighted by Crippen LogP contribution is -2.60. The van der Waals surface area contributed by atoms with Crippen molar-refractivity contribution in [2.45, 2.75) is 164 Å². The van der Waals surface area contributed by atoms with Gasteiger partial charge in [-0.3, -0.25) is 24.1 Å². The minimum absolute atomic E-state index is 0.0159. The Kier molecular flexibility index (Phi) is 22.4. The number of carbonyl (C=O) groups excluding carboxylic acids is 5. The molecular formula is C47H77N5O9S. The van der Waals surface area contributed by atoms with Gasteiger partial charge in [0.15, 0.2) is 0 Å². The molecular weight excluding hydrogens is 811 g/mol. The number of likely N-dealkylation sites (N-methyl/N-ethyl adjacent to an activating group) is 1. The number of esters is 1. The Bertz CT molecular complexity index is 1710. The van der Waals surface area contributed by atoms with Crippen molar-refractivity contribution in [3.63, 3.8) is 0 Å². The second-order valence-electron chi connectivity index (χ2n) is 18.0. The van der Waals surface area contributed by atoms with Crippen molar-refractivity contribution in [3.05, 3.63) is 45.9 Å². The monoisotopic (exact) mass is 888 g/mol. The maximum atomic E-state index is 14.9. The highest BCUT2D eigenvalue weighted by molar-refractivity contribution is 7.09. The number of hydrogen-bond acceptors (Lipinski definition) is 11. The van der Waals surface area contributed by atoms with E-state index in [1.165, 1.54) is 23.3 Å². The topological polar surface area (TPSA) is 177 Å². The van der Waals surface area contributed by atoms with Crippen LogP contribution in [0.3, 0.4) is 0 Å². The van der Waals surface area contributed by atoms with Gasteiger partial charge in [-0.05, 0) is 81.9 Å². The van der Waals surface area contributed by atoms with Gasteiger partial charge in [-0.1, -0.05) is 87.3 Å². The van der Waals surface area contributed by atoms with E-state index in [0.717, 1.165) is 12.0 Å². The fraction of sp³-hybridized carbons (Fsp3) is 0.702. The molecule has 1 heterocycles. The molecule has 0 aliphatic carbocycles. The maximum Gasteiger partial charge on any atom is 0.410 e. The highest BCUT2D eigenvalue weighted by Crippen LogP contribution is 2.32. The summed E-state index contributed by atoms with van der Waals surface area (Å²) in [6.45, 7) is 23.9. The molecule has 1 aromatic carbocycles. The number of hydrogen-bond donors (Lipinski definition) is 3. The number of nitrogens with one attached hydrogen (secondary N) is 2. The van der Waals surface area contributed by atoms with Crippen LogP contribution in [0.5, 0.6) is 5.75 Å². The van der Waals surface area contributed by atoms with Gasteiger partial charge in [0.2, 0.25) is 11.8 Å². The summed E-state index contributed by atoms with van der Waals surface area (Å²) in [6, 6.07) is 4.24. The minimum Gasteiger partial charge on any atom is -0.508 e. The zero-order chi connectivity index (χ0) is 46.9. The van der Waals surface area contributed by atoms with Crippen molar-refractivity contribution in [1.82, 2.24) is 25.4 Å². The first-order valence-corrected chi connectivity index (χ1v) is 23.3. The third-order valence-corrected chi connectivity index (χ3v) is 12.2. The second kappa shape index (κ2) is 25.8. The number of aromatic nitrogens is 1. The lowest BCUT2D eigenvalue weighted by atomic mass is 9.91. The molecule has 0 unspecified atom stereocenters. The third-order valence-electron chi connectivity index (χ3n) is 11.2. The zero-order valence-corrected chi connectivity index (χ0v) is 40.7. The average Bonchev–Trinajstić information content (AvgIpc) is 3.72. The number of carbonyl (C=O) groups is 5. The number of phenols is 1. The van der Waals surface area contributed by atoms with Gasteiger partial charge in [-0.15, -0.1) is 11.3 Å². The number of ether oxygens (including phenoxy) is 3. The first kappa shape index (κ1) is 53.9. The predicted molar refractivity (Wildman–Crippen MR) is 244 cm³/mol. The molecule has 0 radical (unpaired) electrons. The second-order valence-corrected chi connectivity index (χ2v) is 18.9. The average molecular weight is 888 g/mol. The fourth-order valence-corrected chi connectivity index (χ4v) is 8.24. The number of nitrogens with zero attached hydrogens (tertiary/aromatic N) is 3. The standard InChI is InChI=1S/C47H77N5O9S/c1-15-23-52(44(56)39(30(7)17-3)50-42(55)40(31(8)18-4)51(13)46(58)61-47(10,11)12)37(29(5)6)27-38(60-24-16-2)43-49-36(28-62-43)41(54)48-34(25-32(9)45(57)59-14)26-33-19-21-35(53)22-20-33/h19-22,28-32,34,37-40,53H,15-18,23-27H2,1-14H3,(H,48,54)(H,50,55)/t30-,31-,32-,34+,37+,38+,39-,40-/m0/s1. The quantitative estimate of drug-likeness (QED) is 0.0822. The Labute approximate surface area is 375 Å². The highest BCUT2D eigenvalue weighted by atomic mass is 32.1. The van der Waals surface area contributed by atoms with Gasteiger partial charge >= 0.3 is 12.1 Å². The number of rotatable bonds is 25. The van der Waals surface area contributed by atoms with E-state index in [1.807, 2.05) is 46.4 Å². The molecule has 0 fully saturated rings. The number of amides is 4. The number of aromatic hydroxyl groups is 1. The van der Waals surface area contributed by atoms with Crippen LogP contribution in [0.4, 0.5) is 4.79 Å². The van der Waals surface area contributed by atoms with Gasteiger partial charge in [-0.25, -0.2) is 9.78 Å². The molecule has 0 bridgehead atoms. The molecule has 8 atom stereocenters. The van der Waals surface area contributed by atoms with E-state index in [9.17, 15) is 29.1 Å². The van der Waals surface area contributed by atoms with Crippen molar-refractivity contribution >= 4 is 41.1 Å². The largest absolute Gasteiger partial charge is 0.508 e. The Morgan fingerprint density at radius 2 is 1.52 bits per heavy atom. The molecule has 0 aliphatic rings. The Hall–Kier alpha value is -4.24. The molecule has 3 N–H and O–H groups in total. The molecule has 0 saturated heterocycles. The van der Waals surface area contributed by atoms with E-state index in [-0.39, 0.29) is 47.1 Å². The first-order valence-electron chi connectivity index (χ1n) is 22.4. The Morgan fingerprint density at radius 1 is 0.887 bits per heavy atom. The zero-order valence-electron chi connectivity index (χ0n) is 39.9. The van der Waals surface area contributed by atoms with Crippen LogP contribution in [-0.4, -0.2) is 107 Å². The van der Waals surface area contributed by atoms with Gasteiger partial charge in [-0.2, -0.15) is 0 Å². The van der Waals surface area contributed by atoms with Gasteiger partial charge in [0, 0.05) is 44.1 Å². The van der Waals surface area contributed by atoms with Crippen LogP contribution in [0.25, 0.3) is 0 Å². The van der Waals surface area contributed by atoms with Crippen LogP contribution in [-0.2, 0) is 35.0 Å². The summed E-state index contributed by atoms with van der Waals surface area (Å²) in [5.74, 6) is -2.19. The fourth-order valence-electron chi connectivity index (χ4n) is 7.38. The summed E-state index contributed by atoms with van der Waals surface area (Å²) in [6.07, 6.45) is 2.66. The van der Waals surface area contributed by atoms with Gasteiger partial charge in [0.1, 0.15) is 40.2 Å². The summed E-state index contributed by atoms with van der Waals surface area (Å²) >= 11 is 1.32. The van der Waals surface area contributed by atoms with E-state index in [1.54, 1.807) is 64.4 Å². The SMILES string of the molecule is CCCO[C@H](C[C@H](C(C)C)N(CCC)C(=O)[C@@H](NC(=O)[C@H]([C@@H](C)CC)N(C)C(=O)OC(C)(C)C)[C@@H](C)CC)c1nc(C(=O)N[C@@H](Cc2ccc(O)cc2)C[C@H](C)C(=O)OC)cs1. The number of phenolic OH excluding ortho intramolecular Hbond substituents is 1. The summed E-state index contributed by atoms with van der Waals surface area (Å²) in [4.78, 5) is 76.6. The van der Waals surface area contributed by atoms with Crippen LogP contribution < -0.4 is 10.6 Å². The Balaban J connectivity index is 2.48. The van der Waals surface area contributed by atoms with Crippen molar-refractivity contribution in [2.24, 2.45) is 23.7 Å². The molecule has 0 saturated carbocycles. The van der Waals surface area contributed by atoms with Crippen LogP contribution in [0, 0.1) is 23.7 Å². The minimum atomic E-state index is -0.864. The van der Waals surface area contributed by atoms with Crippen molar-refractivity contribution in [2.75, 3.05) is 27.3 Å².